The Morgan fingerprint density at radius 3 is 2.61 bits per heavy atom. The highest BCUT2D eigenvalue weighted by molar-refractivity contribution is 5.90. The molecule has 0 aliphatic rings. The van der Waals surface area contributed by atoms with Gasteiger partial charge in [-0.05, 0) is 18.8 Å². The molecule has 18 heavy (non-hydrogen) atoms. The van der Waals surface area contributed by atoms with Crippen molar-refractivity contribution in [1.29, 1.82) is 0 Å². The first-order valence-electron chi connectivity index (χ1n) is 6.39. The fourth-order valence-corrected chi connectivity index (χ4v) is 1.42. The Morgan fingerprint density at radius 2 is 2.06 bits per heavy atom. The first kappa shape index (κ1) is 14.5. The van der Waals surface area contributed by atoms with E-state index in [1.807, 2.05) is 13.8 Å². The van der Waals surface area contributed by atoms with Crippen LogP contribution in [0.2, 0.25) is 0 Å². The van der Waals surface area contributed by atoms with Gasteiger partial charge in [0.2, 0.25) is 0 Å². The SMILES string of the molecule is CCc1onc(C)c1NC(=O)NCC(C)(C)CC. The Morgan fingerprint density at radius 1 is 1.39 bits per heavy atom. The maximum absolute atomic E-state index is 11.8. The summed E-state index contributed by atoms with van der Waals surface area (Å²) >= 11 is 0. The van der Waals surface area contributed by atoms with Gasteiger partial charge in [-0.15, -0.1) is 0 Å². The Balaban J connectivity index is 2.57. The summed E-state index contributed by atoms with van der Waals surface area (Å²) in [5, 5.41) is 9.52. The van der Waals surface area contributed by atoms with Gasteiger partial charge in [-0.2, -0.15) is 0 Å². The highest BCUT2D eigenvalue weighted by atomic mass is 16.5. The van der Waals surface area contributed by atoms with E-state index in [2.05, 4.69) is 36.6 Å². The second-order valence-electron chi connectivity index (χ2n) is 5.25. The molecule has 1 aromatic rings. The number of anilines is 1. The molecule has 0 spiro atoms. The van der Waals surface area contributed by atoms with Gasteiger partial charge in [0, 0.05) is 13.0 Å². The number of rotatable bonds is 5. The van der Waals surface area contributed by atoms with Gasteiger partial charge in [0.1, 0.15) is 11.4 Å². The van der Waals surface area contributed by atoms with Gasteiger partial charge in [0.25, 0.3) is 0 Å². The van der Waals surface area contributed by atoms with Crippen molar-refractivity contribution < 1.29 is 9.32 Å². The average Bonchev–Trinajstić information content (AvgIpc) is 2.68. The number of carbonyl (C=O) groups is 1. The smallest absolute Gasteiger partial charge is 0.319 e. The molecule has 0 atom stereocenters. The molecule has 0 fully saturated rings. The average molecular weight is 253 g/mol. The minimum Gasteiger partial charge on any atom is -0.359 e. The molecule has 5 heteroatoms. The minimum atomic E-state index is -0.211. The van der Waals surface area contributed by atoms with Gasteiger partial charge in [-0.3, -0.25) is 0 Å². The molecule has 5 nitrogen and oxygen atoms in total. The summed E-state index contributed by atoms with van der Waals surface area (Å²) in [6.45, 7) is 10.8. The van der Waals surface area contributed by atoms with Crippen LogP contribution in [0.25, 0.3) is 0 Å². The van der Waals surface area contributed by atoms with Crippen LogP contribution in [-0.2, 0) is 6.42 Å². The van der Waals surface area contributed by atoms with Crippen molar-refractivity contribution in [3.8, 4) is 0 Å². The second-order valence-corrected chi connectivity index (χ2v) is 5.25. The fraction of sp³-hybridized carbons (Fsp3) is 0.692. The van der Waals surface area contributed by atoms with Crippen molar-refractivity contribution in [3.05, 3.63) is 11.5 Å². The molecule has 2 amide bonds. The molecule has 0 unspecified atom stereocenters. The number of nitrogens with one attached hydrogen (secondary N) is 2. The molecule has 0 radical (unpaired) electrons. The summed E-state index contributed by atoms with van der Waals surface area (Å²) in [6.07, 6.45) is 1.72. The minimum absolute atomic E-state index is 0.106. The van der Waals surface area contributed by atoms with Crippen molar-refractivity contribution >= 4 is 11.7 Å². The molecule has 102 valence electrons. The van der Waals surface area contributed by atoms with E-state index in [0.717, 1.165) is 6.42 Å². The lowest BCUT2D eigenvalue weighted by molar-refractivity contribution is 0.244. The standard InChI is InChI=1S/C13H23N3O2/c1-6-10-11(9(3)16-18-10)15-12(17)14-8-13(4,5)7-2/h6-8H2,1-5H3,(H2,14,15,17). The predicted molar refractivity (Wildman–Crippen MR) is 71.7 cm³/mol. The third-order valence-corrected chi connectivity index (χ3v) is 3.18. The molecule has 0 bridgehead atoms. The zero-order chi connectivity index (χ0) is 13.8. The van der Waals surface area contributed by atoms with E-state index in [0.29, 0.717) is 30.1 Å². The molecule has 2 N–H and O–H groups in total. The number of nitrogens with zero attached hydrogens (tertiary/aromatic N) is 1. The maximum atomic E-state index is 11.8. The third kappa shape index (κ3) is 3.75. The van der Waals surface area contributed by atoms with Gasteiger partial charge < -0.3 is 15.2 Å². The van der Waals surface area contributed by atoms with Crippen LogP contribution in [-0.4, -0.2) is 17.7 Å². The monoisotopic (exact) mass is 253 g/mol. The Labute approximate surface area is 108 Å². The largest absolute Gasteiger partial charge is 0.359 e. The summed E-state index contributed by atoms with van der Waals surface area (Å²) < 4.78 is 5.12. The number of urea groups is 1. The summed E-state index contributed by atoms with van der Waals surface area (Å²) in [4.78, 5) is 11.8. The summed E-state index contributed by atoms with van der Waals surface area (Å²) in [5.41, 5.74) is 1.50. The van der Waals surface area contributed by atoms with Crippen molar-refractivity contribution in [2.24, 2.45) is 5.41 Å². The van der Waals surface area contributed by atoms with Gasteiger partial charge in [0.05, 0.1) is 0 Å². The molecule has 0 saturated carbocycles. The fourth-order valence-electron chi connectivity index (χ4n) is 1.42. The van der Waals surface area contributed by atoms with E-state index in [9.17, 15) is 4.79 Å². The Bertz CT molecular complexity index is 410. The first-order valence-corrected chi connectivity index (χ1v) is 6.39. The van der Waals surface area contributed by atoms with Gasteiger partial charge >= 0.3 is 6.03 Å². The number of carbonyl (C=O) groups excluding carboxylic acids is 1. The summed E-state index contributed by atoms with van der Waals surface area (Å²) in [6, 6.07) is -0.211. The quantitative estimate of drug-likeness (QED) is 0.847. The highest BCUT2D eigenvalue weighted by Gasteiger charge is 2.18. The van der Waals surface area contributed by atoms with E-state index in [1.165, 1.54) is 0 Å². The van der Waals surface area contributed by atoms with Gasteiger partial charge in [0.15, 0.2) is 5.76 Å². The molecule has 1 aromatic heterocycles. The highest BCUT2D eigenvalue weighted by Crippen LogP contribution is 2.21. The van der Waals surface area contributed by atoms with Crippen LogP contribution < -0.4 is 10.6 Å². The van der Waals surface area contributed by atoms with Crippen LogP contribution in [0.5, 0.6) is 0 Å². The second kappa shape index (κ2) is 5.89. The van der Waals surface area contributed by atoms with Crippen LogP contribution in [0, 0.1) is 12.3 Å². The number of hydrogen-bond acceptors (Lipinski definition) is 3. The van der Waals surface area contributed by atoms with Crippen LogP contribution in [0.15, 0.2) is 4.52 Å². The zero-order valence-corrected chi connectivity index (χ0v) is 11.9. The molecule has 0 saturated heterocycles. The Kier molecular flexibility index (Phi) is 4.76. The van der Waals surface area contributed by atoms with Crippen molar-refractivity contribution in [2.45, 2.75) is 47.5 Å². The van der Waals surface area contributed by atoms with Gasteiger partial charge in [-0.25, -0.2) is 4.79 Å². The molecule has 0 aromatic carbocycles. The predicted octanol–water partition coefficient (Wildman–Crippen LogP) is 3.10. The normalized spacial score (nSPS) is 11.4. The first-order chi connectivity index (χ1) is 8.39. The van der Waals surface area contributed by atoms with Crippen molar-refractivity contribution in [3.63, 3.8) is 0 Å². The number of amides is 2. The van der Waals surface area contributed by atoms with Crippen LogP contribution in [0.3, 0.4) is 0 Å². The van der Waals surface area contributed by atoms with E-state index in [-0.39, 0.29) is 11.4 Å². The third-order valence-electron chi connectivity index (χ3n) is 3.18. The molecule has 1 heterocycles. The summed E-state index contributed by atoms with van der Waals surface area (Å²) in [5.74, 6) is 0.706. The molecule has 0 aliphatic heterocycles. The lowest BCUT2D eigenvalue weighted by atomic mass is 9.90. The molecular weight excluding hydrogens is 230 g/mol. The number of aryl methyl sites for hydroxylation is 2. The van der Waals surface area contributed by atoms with E-state index >= 15 is 0 Å². The van der Waals surface area contributed by atoms with E-state index in [1.54, 1.807) is 0 Å². The maximum Gasteiger partial charge on any atom is 0.319 e. The lowest BCUT2D eigenvalue weighted by Crippen LogP contribution is -2.36. The van der Waals surface area contributed by atoms with Gasteiger partial charge in [-0.1, -0.05) is 32.9 Å². The van der Waals surface area contributed by atoms with Crippen LogP contribution in [0.4, 0.5) is 10.5 Å². The van der Waals surface area contributed by atoms with Crippen molar-refractivity contribution in [2.75, 3.05) is 11.9 Å². The summed E-state index contributed by atoms with van der Waals surface area (Å²) in [7, 11) is 0. The Hall–Kier alpha value is -1.52. The number of hydrogen-bond donors (Lipinski definition) is 2. The molecule has 1 rings (SSSR count). The topological polar surface area (TPSA) is 67.2 Å². The van der Waals surface area contributed by atoms with E-state index < -0.39 is 0 Å². The lowest BCUT2D eigenvalue weighted by Gasteiger charge is -2.22. The van der Waals surface area contributed by atoms with E-state index in [4.69, 9.17) is 4.52 Å². The van der Waals surface area contributed by atoms with Crippen LogP contribution in [0.1, 0.15) is 45.6 Å². The van der Waals surface area contributed by atoms with Crippen LogP contribution >= 0.6 is 0 Å². The zero-order valence-electron chi connectivity index (χ0n) is 11.9. The molecule has 0 aliphatic carbocycles. The molecular formula is C13H23N3O2. The number of aromatic nitrogens is 1. The van der Waals surface area contributed by atoms with Crippen molar-refractivity contribution in [1.82, 2.24) is 10.5 Å².